The van der Waals surface area contributed by atoms with Crippen LogP contribution in [0.1, 0.15) is 5.56 Å². The number of hydrogen-bond acceptors (Lipinski definition) is 1. The van der Waals surface area contributed by atoms with Crippen molar-refractivity contribution >= 4 is 16.5 Å². The predicted molar refractivity (Wildman–Crippen MR) is 70.7 cm³/mol. The molecule has 0 bridgehead atoms. The van der Waals surface area contributed by atoms with Gasteiger partial charge in [-0.2, -0.15) is 0 Å². The van der Waals surface area contributed by atoms with Gasteiger partial charge in [0.2, 0.25) is 0 Å². The molecular weight excluding hydrogens is 194 g/mol. The minimum Gasteiger partial charge on any atom is -0.398 e. The van der Waals surface area contributed by atoms with Crippen LogP contribution in [0.15, 0.2) is 60.7 Å². The molecule has 0 atom stereocenters. The van der Waals surface area contributed by atoms with Gasteiger partial charge in [-0.15, -0.1) is 0 Å². The molecule has 0 saturated carbocycles. The van der Waals surface area contributed by atoms with Crippen molar-refractivity contribution in [3.05, 3.63) is 66.2 Å². The Hall–Kier alpha value is -2.02. The average molecular weight is 209 g/mol. The molecule has 0 radical (unpaired) electrons. The van der Waals surface area contributed by atoms with Gasteiger partial charge < -0.3 is 5.73 Å². The van der Waals surface area contributed by atoms with Crippen LogP contribution in [0.5, 0.6) is 0 Å². The first-order valence-corrected chi connectivity index (χ1v) is 5.36. The maximum absolute atomic E-state index is 6.09. The number of fused-ring (bicyclic) bond motifs is 1. The first-order chi connectivity index (χ1) is 7.79. The van der Waals surface area contributed by atoms with E-state index in [0.717, 1.165) is 22.0 Å². The van der Waals surface area contributed by atoms with E-state index in [1.165, 1.54) is 0 Å². The SMILES string of the molecule is Cc1ccc2ccccccccc2c1N. The Morgan fingerprint density at radius 1 is 0.750 bits per heavy atom. The van der Waals surface area contributed by atoms with E-state index in [4.69, 9.17) is 5.73 Å². The lowest BCUT2D eigenvalue weighted by Gasteiger charge is -2.02. The zero-order chi connectivity index (χ0) is 11.4. The highest BCUT2D eigenvalue weighted by Crippen LogP contribution is 2.22. The van der Waals surface area contributed by atoms with Gasteiger partial charge in [0.25, 0.3) is 0 Å². The lowest BCUT2D eigenvalue weighted by Crippen LogP contribution is -1.89. The fraction of sp³-hybridized carbons (Fsp3) is 0.0667. The van der Waals surface area contributed by atoms with E-state index < -0.39 is 0 Å². The monoisotopic (exact) mass is 209 g/mol. The molecule has 0 unspecified atom stereocenters. The largest absolute Gasteiger partial charge is 0.398 e. The molecule has 2 aromatic rings. The second-order valence-electron chi connectivity index (χ2n) is 3.79. The highest BCUT2D eigenvalue weighted by atomic mass is 14.6. The standard InChI is InChI=1S/C15H15N/c1-12-10-11-13-8-6-4-2-3-5-7-9-14(13)15(12)16/h2-11H,16H2,1H3. The number of rotatable bonds is 0. The summed E-state index contributed by atoms with van der Waals surface area (Å²) in [4.78, 5) is 0. The van der Waals surface area contributed by atoms with Gasteiger partial charge in [-0.05, 0) is 17.9 Å². The molecule has 2 aromatic carbocycles. The molecule has 0 spiro atoms. The minimum atomic E-state index is 0.858. The van der Waals surface area contributed by atoms with E-state index in [-0.39, 0.29) is 0 Å². The van der Waals surface area contributed by atoms with Crippen molar-refractivity contribution in [3.63, 3.8) is 0 Å². The van der Waals surface area contributed by atoms with Crippen LogP contribution in [0.25, 0.3) is 10.8 Å². The van der Waals surface area contributed by atoms with Crippen LogP contribution in [0, 0.1) is 6.92 Å². The molecule has 1 heteroatoms. The van der Waals surface area contributed by atoms with Crippen LogP contribution in [-0.4, -0.2) is 0 Å². The number of benzene rings is 1. The van der Waals surface area contributed by atoms with Gasteiger partial charge >= 0.3 is 0 Å². The highest BCUT2D eigenvalue weighted by molar-refractivity contribution is 5.93. The van der Waals surface area contributed by atoms with Crippen molar-refractivity contribution in [2.24, 2.45) is 0 Å². The number of nitrogen functional groups attached to an aromatic ring is 1. The normalized spacial score (nSPS) is 9.81. The topological polar surface area (TPSA) is 26.0 Å². The van der Waals surface area contributed by atoms with Crippen molar-refractivity contribution in [2.75, 3.05) is 5.73 Å². The molecule has 0 aliphatic carbocycles. The average Bonchev–Trinajstić information content (AvgIpc) is 2.30. The maximum atomic E-state index is 6.09. The van der Waals surface area contributed by atoms with E-state index >= 15 is 0 Å². The number of anilines is 1. The summed E-state index contributed by atoms with van der Waals surface area (Å²) in [5.41, 5.74) is 8.06. The first kappa shape index (κ1) is 10.5. The van der Waals surface area contributed by atoms with Gasteiger partial charge in [0, 0.05) is 11.1 Å². The Morgan fingerprint density at radius 2 is 1.38 bits per heavy atom. The van der Waals surface area contributed by atoms with Crippen LogP contribution in [0.4, 0.5) is 5.69 Å². The Labute approximate surface area is 95.9 Å². The molecule has 0 aromatic heterocycles. The second kappa shape index (κ2) is 4.67. The lowest BCUT2D eigenvalue weighted by molar-refractivity contribution is 1.50. The van der Waals surface area contributed by atoms with Crippen LogP contribution in [0.3, 0.4) is 0 Å². The van der Waals surface area contributed by atoms with Gasteiger partial charge in [0.15, 0.2) is 0 Å². The highest BCUT2D eigenvalue weighted by Gasteiger charge is 1.97. The summed E-state index contributed by atoms with van der Waals surface area (Å²) in [5.74, 6) is 0. The molecule has 0 fully saturated rings. The smallest absolute Gasteiger partial charge is 0.0423 e. The third-order valence-electron chi connectivity index (χ3n) is 2.63. The summed E-state index contributed by atoms with van der Waals surface area (Å²) in [6.45, 7) is 2.03. The molecule has 1 nitrogen and oxygen atoms in total. The molecule has 16 heavy (non-hydrogen) atoms. The number of hydrogen-bond donors (Lipinski definition) is 1. The second-order valence-corrected chi connectivity index (χ2v) is 3.79. The van der Waals surface area contributed by atoms with Crippen molar-refractivity contribution in [1.82, 2.24) is 0 Å². The molecule has 2 rings (SSSR count). The zero-order valence-electron chi connectivity index (χ0n) is 9.35. The third-order valence-corrected chi connectivity index (χ3v) is 2.63. The lowest BCUT2D eigenvalue weighted by atomic mass is 10.1. The van der Waals surface area contributed by atoms with Crippen molar-refractivity contribution in [2.45, 2.75) is 6.92 Å². The van der Waals surface area contributed by atoms with Gasteiger partial charge in [-0.1, -0.05) is 60.7 Å². The van der Waals surface area contributed by atoms with Gasteiger partial charge in [-0.25, -0.2) is 0 Å². The van der Waals surface area contributed by atoms with Crippen LogP contribution in [-0.2, 0) is 0 Å². The fourth-order valence-electron chi connectivity index (χ4n) is 1.66. The van der Waals surface area contributed by atoms with Crippen molar-refractivity contribution < 1.29 is 0 Å². The molecular formula is C15H15N. The summed E-state index contributed by atoms with van der Waals surface area (Å²) in [5, 5.41) is 2.25. The third kappa shape index (κ3) is 2.14. The predicted octanol–water partition coefficient (Wildman–Crippen LogP) is 3.85. The van der Waals surface area contributed by atoms with Crippen LogP contribution >= 0.6 is 0 Å². The van der Waals surface area contributed by atoms with E-state index in [9.17, 15) is 0 Å². The number of nitrogens with two attached hydrogens (primary N) is 1. The summed E-state index contributed by atoms with van der Waals surface area (Å²) >= 11 is 0. The molecule has 0 aliphatic rings. The van der Waals surface area contributed by atoms with Crippen molar-refractivity contribution in [3.8, 4) is 0 Å². The molecule has 0 heterocycles. The first-order valence-electron chi connectivity index (χ1n) is 5.36. The Bertz CT molecular complexity index is 557. The summed E-state index contributed by atoms with van der Waals surface area (Å²) < 4.78 is 0. The molecule has 2 N–H and O–H groups in total. The summed E-state index contributed by atoms with van der Waals surface area (Å²) in [6.07, 6.45) is 0. The molecule has 0 saturated heterocycles. The van der Waals surface area contributed by atoms with E-state index in [1.807, 2.05) is 43.3 Å². The van der Waals surface area contributed by atoms with Gasteiger partial charge in [0.05, 0.1) is 0 Å². The van der Waals surface area contributed by atoms with Crippen LogP contribution < -0.4 is 5.73 Å². The Balaban J connectivity index is 2.86. The molecule has 0 aliphatic heterocycles. The van der Waals surface area contributed by atoms with E-state index in [1.54, 1.807) is 0 Å². The minimum absolute atomic E-state index is 0.858. The zero-order valence-corrected chi connectivity index (χ0v) is 9.35. The van der Waals surface area contributed by atoms with E-state index in [2.05, 4.69) is 24.3 Å². The van der Waals surface area contributed by atoms with E-state index in [0.29, 0.717) is 0 Å². The summed E-state index contributed by atoms with van der Waals surface area (Å²) in [6, 6.07) is 20.3. The van der Waals surface area contributed by atoms with Crippen molar-refractivity contribution in [1.29, 1.82) is 0 Å². The fourth-order valence-corrected chi connectivity index (χ4v) is 1.66. The Kier molecular flexibility index (Phi) is 3.06. The summed E-state index contributed by atoms with van der Waals surface area (Å²) in [7, 11) is 0. The van der Waals surface area contributed by atoms with Crippen LogP contribution in [0.2, 0.25) is 0 Å². The maximum Gasteiger partial charge on any atom is 0.0423 e. The van der Waals surface area contributed by atoms with Gasteiger partial charge in [-0.3, -0.25) is 0 Å². The number of aryl methyl sites for hydroxylation is 1. The quantitative estimate of drug-likeness (QED) is 0.655. The van der Waals surface area contributed by atoms with Gasteiger partial charge in [0.1, 0.15) is 0 Å². The molecule has 80 valence electrons. The molecule has 0 amide bonds. The Morgan fingerprint density at radius 3 is 2.12 bits per heavy atom.